The summed E-state index contributed by atoms with van der Waals surface area (Å²) < 4.78 is 1.66. The van der Waals surface area contributed by atoms with E-state index in [1.807, 2.05) is 6.07 Å². The monoisotopic (exact) mass is 234 g/mol. The maximum Gasteiger partial charge on any atom is 0.303 e. The molecule has 1 aliphatic carbocycles. The van der Waals surface area contributed by atoms with Crippen LogP contribution in [0.3, 0.4) is 0 Å². The number of aliphatic carboxylic acids is 1. The minimum atomic E-state index is -0.775. The molecule has 2 rings (SSSR count). The number of aromatic nitrogens is 3. The van der Waals surface area contributed by atoms with Gasteiger partial charge in [-0.3, -0.25) is 4.79 Å². The molecule has 0 bridgehead atoms. The minimum Gasteiger partial charge on any atom is -0.481 e. The molecule has 0 amide bonds. The fourth-order valence-corrected chi connectivity index (χ4v) is 2.49. The van der Waals surface area contributed by atoms with Crippen molar-refractivity contribution in [3.63, 3.8) is 0 Å². The Kier molecular flexibility index (Phi) is 3.38. The summed E-state index contributed by atoms with van der Waals surface area (Å²) in [6.07, 6.45) is 5.71. The minimum absolute atomic E-state index is 0.0643. The molecule has 1 aliphatic rings. The van der Waals surface area contributed by atoms with E-state index in [2.05, 4.69) is 10.3 Å². The maximum absolute atomic E-state index is 10.8. The fraction of sp³-hybridized carbons (Fsp3) is 0.636. The molecule has 17 heavy (non-hydrogen) atoms. The molecule has 2 atom stereocenters. The third-order valence-electron chi connectivity index (χ3n) is 3.27. The first-order valence-electron chi connectivity index (χ1n) is 5.74. The molecule has 1 saturated carbocycles. The first-order chi connectivity index (χ1) is 8.20. The van der Waals surface area contributed by atoms with Crippen LogP contribution in [0.5, 0.6) is 0 Å². The number of rotatable bonds is 3. The van der Waals surface area contributed by atoms with Gasteiger partial charge in [0.05, 0.1) is 18.7 Å². The number of carboxylic acids is 1. The summed E-state index contributed by atoms with van der Waals surface area (Å²) in [5, 5.41) is 25.2. The van der Waals surface area contributed by atoms with Gasteiger partial charge < -0.3 is 5.11 Å². The quantitative estimate of drug-likeness (QED) is 0.852. The lowest BCUT2D eigenvalue weighted by Crippen LogP contribution is -2.25. The molecular weight excluding hydrogens is 220 g/mol. The molecule has 2 unspecified atom stereocenters. The summed E-state index contributed by atoms with van der Waals surface area (Å²) in [4.78, 5) is 10.8. The standard InChI is InChI=1S/C11H14N4O2/c12-6-9-7-15(14-13-9)10-4-2-1-3-8(10)5-11(16)17/h7-8,10H,1-5H2,(H,16,17). The van der Waals surface area contributed by atoms with E-state index >= 15 is 0 Å². The lowest BCUT2D eigenvalue weighted by atomic mass is 9.82. The van der Waals surface area contributed by atoms with Gasteiger partial charge in [-0.1, -0.05) is 18.1 Å². The van der Waals surface area contributed by atoms with Gasteiger partial charge >= 0.3 is 5.97 Å². The second kappa shape index (κ2) is 4.95. The lowest BCUT2D eigenvalue weighted by Gasteiger charge is -2.30. The first-order valence-corrected chi connectivity index (χ1v) is 5.74. The Hall–Kier alpha value is -1.90. The van der Waals surface area contributed by atoms with Crippen molar-refractivity contribution in [3.8, 4) is 6.07 Å². The highest BCUT2D eigenvalue weighted by molar-refractivity contribution is 5.67. The van der Waals surface area contributed by atoms with Gasteiger partial charge in [-0.25, -0.2) is 4.68 Å². The molecule has 0 radical (unpaired) electrons. The number of carboxylic acid groups (broad SMARTS) is 1. The number of hydrogen-bond acceptors (Lipinski definition) is 4. The summed E-state index contributed by atoms with van der Waals surface area (Å²) in [6.45, 7) is 0. The van der Waals surface area contributed by atoms with Crippen LogP contribution in [0.1, 0.15) is 43.8 Å². The molecule has 90 valence electrons. The second-order valence-corrected chi connectivity index (χ2v) is 4.41. The van der Waals surface area contributed by atoms with E-state index in [1.165, 1.54) is 0 Å². The average Bonchev–Trinajstić information content (AvgIpc) is 2.77. The van der Waals surface area contributed by atoms with Crippen molar-refractivity contribution in [2.75, 3.05) is 0 Å². The summed E-state index contributed by atoms with van der Waals surface area (Å²) in [6, 6.07) is 2.00. The van der Waals surface area contributed by atoms with Crippen molar-refractivity contribution >= 4 is 5.97 Å². The Morgan fingerprint density at radius 2 is 2.35 bits per heavy atom. The van der Waals surface area contributed by atoms with Gasteiger partial charge in [0.15, 0.2) is 5.69 Å². The zero-order valence-electron chi connectivity index (χ0n) is 9.41. The summed E-state index contributed by atoms with van der Waals surface area (Å²) >= 11 is 0. The maximum atomic E-state index is 10.8. The molecular formula is C11H14N4O2. The summed E-state index contributed by atoms with van der Waals surface area (Å²) in [7, 11) is 0. The molecule has 0 saturated heterocycles. The van der Waals surface area contributed by atoms with Gasteiger partial charge in [0.2, 0.25) is 0 Å². The van der Waals surface area contributed by atoms with Gasteiger partial charge in [0.25, 0.3) is 0 Å². The van der Waals surface area contributed by atoms with Crippen molar-refractivity contribution in [2.45, 2.75) is 38.1 Å². The Balaban J connectivity index is 2.15. The van der Waals surface area contributed by atoms with Crippen LogP contribution in [-0.4, -0.2) is 26.1 Å². The Bertz CT molecular complexity index is 449. The second-order valence-electron chi connectivity index (χ2n) is 4.41. The zero-order chi connectivity index (χ0) is 12.3. The van der Waals surface area contributed by atoms with Crippen molar-refractivity contribution in [2.24, 2.45) is 5.92 Å². The predicted molar refractivity (Wildman–Crippen MR) is 58.0 cm³/mol. The predicted octanol–water partition coefficient (Wildman–Crippen LogP) is 1.36. The zero-order valence-corrected chi connectivity index (χ0v) is 9.41. The third-order valence-corrected chi connectivity index (χ3v) is 3.27. The highest BCUT2D eigenvalue weighted by Gasteiger charge is 2.29. The van der Waals surface area contributed by atoms with E-state index in [-0.39, 0.29) is 24.1 Å². The first kappa shape index (κ1) is 11.6. The largest absolute Gasteiger partial charge is 0.481 e. The van der Waals surface area contributed by atoms with Crippen LogP contribution in [0.2, 0.25) is 0 Å². The molecule has 1 aromatic rings. The van der Waals surface area contributed by atoms with E-state index in [0.717, 1.165) is 25.7 Å². The van der Waals surface area contributed by atoms with Gasteiger partial charge in [-0.05, 0) is 18.8 Å². The molecule has 0 aromatic carbocycles. The van der Waals surface area contributed by atoms with Crippen molar-refractivity contribution in [1.29, 1.82) is 5.26 Å². The van der Waals surface area contributed by atoms with E-state index in [4.69, 9.17) is 10.4 Å². The Morgan fingerprint density at radius 3 is 3.00 bits per heavy atom. The topological polar surface area (TPSA) is 91.8 Å². The van der Waals surface area contributed by atoms with E-state index < -0.39 is 5.97 Å². The molecule has 1 aromatic heterocycles. The Morgan fingerprint density at radius 1 is 1.59 bits per heavy atom. The van der Waals surface area contributed by atoms with Gasteiger partial charge in [-0.2, -0.15) is 5.26 Å². The van der Waals surface area contributed by atoms with Gasteiger partial charge in [-0.15, -0.1) is 5.10 Å². The van der Waals surface area contributed by atoms with Crippen molar-refractivity contribution in [3.05, 3.63) is 11.9 Å². The smallest absolute Gasteiger partial charge is 0.303 e. The van der Waals surface area contributed by atoms with Crippen LogP contribution in [0, 0.1) is 17.2 Å². The van der Waals surface area contributed by atoms with Crippen LogP contribution in [0.4, 0.5) is 0 Å². The molecule has 0 aliphatic heterocycles. The van der Waals surface area contributed by atoms with E-state index in [1.54, 1.807) is 10.9 Å². The van der Waals surface area contributed by atoms with E-state index in [0.29, 0.717) is 0 Å². The van der Waals surface area contributed by atoms with Crippen LogP contribution < -0.4 is 0 Å². The summed E-state index contributed by atoms with van der Waals surface area (Å²) in [5.74, 6) is -0.683. The number of nitriles is 1. The van der Waals surface area contributed by atoms with Crippen molar-refractivity contribution < 1.29 is 9.90 Å². The normalized spacial score (nSPS) is 24.2. The number of carbonyl (C=O) groups is 1. The molecule has 6 heteroatoms. The highest BCUT2D eigenvalue weighted by atomic mass is 16.4. The molecule has 6 nitrogen and oxygen atoms in total. The van der Waals surface area contributed by atoms with Crippen LogP contribution in [0.25, 0.3) is 0 Å². The lowest BCUT2D eigenvalue weighted by molar-refractivity contribution is -0.138. The third kappa shape index (κ3) is 2.61. The SMILES string of the molecule is N#Cc1cn(C2CCCCC2CC(=O)O)nn1. The summed E-state index contributed by atoms with van der Waals surface area (Å²) in [5.41, 5.74) is 0.282. The highest BCUT2D eigenvalue weighted by Crippen LogP contribution is 2.35. The van der Waals surface area contributed by atoms with Gasteiger partial charge in [0, 0.05) is 0 Å². The molecule has 0 spiro atoms. The molecule has 1 N–H and O–H groups in total. The van der Waals surface area contributed by atoms with E-state index in [9.17, 15) is 4.79 Å². The fourth-order valence-electron chi connectivity index (χ4n) is 2.49. The average molecular weight is 234 g/mol. The number of hydrogen-bond donors (Lipinski definition) is 1. The van der Waals surface area contributed by atoms with Crippen LogP contribution in [-0.2, 0) is 4.79 Å². The van der Waals surface area contributed by atoms with Crippen LogP contribution >= 0.6 is 0 Å². The van der Waals surface area contributed by atoms with Gasteiger partial charge in [0.1, 0.15) is 6.07 Å². The van der Waals surface area contributed by atoms with Crippen molar-refractivity contribution in [1.82, 2.24) is 15.0 Å². The number of nitrogens with zero attached hydrogens (tertiary/aromatic N) is 4. The molecule has 1 fully saturated rings. The molecule has 1 heterocycles. The van der Waals surface area contributed by atoms with Crippen LogP contribution in [0.15, 0.2) is 6.20 Å². The Labute approximate surface area is 98.9 Å².